The number of amides is 1. The molecule has 6 heteroatoms. The Labute approximate surface area is 164 Å². The molecule has 0 saturated heterocycles. The number of carboxylic acids is 1. The number of nitrogens with one attached hydrogen (secondary N) is 2. The van der Waals surface area contributed by atoms with Gasteiger partial charge < -0.3 is 20.8 Å². The van der Waals surface area contributed by atoms with Crippen molar-refractivity contribution in [3.05, 3.63) is 64.9 Å². The molecule has 1 aromatic rings. The summed E-state index contributed by atoms with van der Waals surface area (Å²) < 4.78 is 0. The Morgan fingerprint density at radius 3 is 2.61 bits per heavy atom. The summed E-state index contributed by atoms with van der Waals surface area (Å²) in [6.45, 7) is 8.69. The number of carbonyl (C=O) groups is 2. The number of hydrogen-bond acceptors (Lipinski definition) is 4. The van der Waals surface area contributed by atoms with E-state index in [-0.39, 0.29) is 12.3 Å². The van der Waals surface area contributed by atoms with E-state index in [2.05, 4.69) is 17.2 Å². The van der Waals surface area contributed by atoms with Crippen molar-refractivity contribution in [3.63, 3.8) is 0 Å². The highest BCUT2D eigenvalue weighted by Crippen LogP contribution is 2.20. The van der Waals surface area contributed by atoms with Gasteiger partial charge in [0.1, 0.15) is 5.76 Å². The van der Waals surface area contributed by atoms with Crippen LogP contribution in [0.2, 0.25) is 0 Å². The molecule has 1 heterocycles. The lowest BCUT2D eigenvalue weighted by atomic mass is 9.93. The molecule has 1 aliphatic rings. The largest absolute Gasteiger partial charge is 0.510 e. The summed E-state index contributed by atoms with van der Waals surface area (Å²) in [5.41, 5.74) is 0.512. The van der Waals surface area contributed by atoms with Gasteiger partial charge >= 0.3 is 5.97 Å². The van der Waals surface area contributed by atoms with Gasteiger partial charge in [0, 0.05) is 18.3 Å². The highest BCUT2D eigenvalue weighted by molar-refractivity contribution is 5.88. The van der Waals surface area contributed by atoms with Gasteiger partial charge in [0.15, 0.2) is 6.04 Å². The van der Waals surface area contributed by atoms with E-state index < -0.39 is 23.3 Å². The number of carboxylic acid groups (broad SMARTS) is 1. The molecule has 0 aromatic heterocycles. The normalized spacial score (nSPS) is 18.0. The number of hydrogen-bond donors (Lipinski definition) is 4. The Bertz CT molecular complexity index is 971. The quantitative estimate of drug-likeness (QED) is 0.597. The summed E-state index contributed by atoms with van der Waals surface area (Å²) in [6, 6.07) is 4.92. The van der Waals surface area contributed by atoms with E-state index in [9.17, 15) is 14.7 Å². The van der Waals surface area contributed by atoms with Crippen molar-refractivity contribution in [2.24, 2.45) is 5.41 Å². The summed E-state index contributed by atoms with van der Waals surface area (Å²) >= 11 is 0. The average Bonchev–Trinajstić information content (AvgIpc) is 2.66. The van der Waals surface area contributed by atoms with Crippen LogP contribution in [0.1, 0.15) is 26.3 Å². The molecule has 0 bridgehead atoms. The van der Waals surface area contributed by atoms with Gasteiger partial charge in [-0.1, -0.05) is 36.9 Å². The predicted octanol–water partition coefficient (Wildman–Crippen LogP) is 1.44. The standard InChI is InChI=1S/C22H26N2O4/c1-5-7-15-10-16(9-8-14(15)6-2)17-11-18(25)19(23-12-17)20(26)24-13-22(3,4)21(27)28/h5-12,19,23,25H,1,13H2,2-4H3,(H,24,26)(H,27,28)/b14-6-,15-7-. The van der Waals surface area contributed by atoms with Crippen LogP contribution in [0, 0.1) is 5.41 Å². The first kappa shape index (κ1) is 21.0. The second-order valence-electron chi connectivity index (χ2n) is 7.21. The fourth-order valence-corrected chi connectivity index (χ4v) is 2.69. The van der Waals surface area contributed by atoms with Crippen LogP contribution in [0.4, 0.5) is 0 Å². The van der Waals surface area contributed by atoms with Gasteiger partial charge in [-0.05, 0) is 48.9 Å². The maximum Gasteiger partial charge on any atom is 0.310 e. The number of dihydropyridines is 1. The number of aliphatic carboxylic acids is 1. The van der Waals surface area contributed by atoms with E-state index in [1.165, 1.54) is 19.9 Å². The number of aliphatic hydroxyl groups is 1. The molecule has 1 atom stereocenters. The first-order valence-electron chi connectivity index (χ1n) is 8.97. The maximum atomic E-state index is 12.3. The number of aliphatic hydroxyl groups excluding tert-OH is 1. The molecule has 0 fully saturated rings. The molecule has 4 N–H and O–H groups in total. The molecule has 1 aliphatic heterocycles. The van der Waals surface area contributed by atoms with Gasteiger partial charge in [0.25, 0.3) is 0 Å². The molecule has 1 aromatic carbocycles. The minimum atomic E-state index is -1.10. The highest BCUT2D eigenvalue weighted by Gasteiger charge is 2.30. The van der Waals surface area contributed by atoms with Gasteiger partial charge in [-0.15, -0.1) is 0 Å². The molecule has 0 spiro atoms. The number of benzene rings is 1. The Kier molecular flexibility index (Phi) is 6.46. The van der Waals surface area contributed by atoms with Gasteiger partial charge in [0.05, 0.1) is 5.41 Å². The number of rotatable bonds is 6. The molecular formula is C22H26N2O4. The van der Waals surface area contributed by atoms with Gasteiger partial charge in [-0.25, -0.2) is 0 Å². The van der Waals surface area contributed by atoms with Crippen molar-refractivity contribution in [2.45, 2.75) is 26.8 Å². The topological polar surface area (TPSA) is 98.7 Å². The molecule has 6 nitrogen and oxygen atoms in total. The fourth-order valence-electron chi connectivity index (χ4n) is 2.69. The van der Waals surface area contributed by atoms with Crippen LogP contribution in [0.25, 0.3) is 17.7 Å². The van der Waals surface area contributed by atoms with Crippen molar-refractivity contribution in [1.82, 2.24) is 10.6 Å². The Hall–Kier alpha value is -3.28. The molecule has 1 unspecified atom stereocenters. The smallest absolute Gasteiger partial charge is 0.310 e. The molecule has 28 heavy (non-hydrogen) atoms. The Morgan fingerprint density at radius 1 is 1.32 bits per heavy atom. The van der Waals surface area contributed by atoms with Gasteiger partial charge in [-0.3, -0.25) is 9.59 Å². The zero-order valence-corrected chi connectivity index (χ0v) is 16.3. The molecule has 0 saturated carbocycles. The van der Waals surface area contributed by atoms with Crippen molar-refractivity contribution in [3.8, 4) is 0 Å². The van der Waals surface area contributed by atoms with E-state index in [1.807, 2.05) is 37.3 Å². The SMILES string of the molecule is C=C/C=c1/cc(C2=CNC(C(=O)NCC(C)(C)C(=O)O)C(O)=C2)cc/c1=C/C. The molecule has 0 radical (unpaired) electrons. The minimum absolute atomic E-state index is 0.0427. The third kappa shape index (κ3) is 4.71. The third-order valence-electron chi connectivity index (χ3n) is 4.58. The van der Waals surface area contributed by atoms with E-state index in [4.69, 9.17) is 5.11 Å². The van der Waals surface area contributed by atoms with Crippen molar-refractivity contribution in [1.29, 1.82) is 0 Å². The highest BCUT2D eigenvalue weighted by atomic mass is 16.4. The van der Waals surface area contributed by atoms with Crippen molar-refractivity contribution in [2.75, 3.05) is 6.54 Å². The monoisotopic (exact) mass is 382 g/mol. The Morgan fingerprint density at radius 2 is 2.04 bits per heavy atom. The summed E-state index contributed by atoms with van der Waals surface area (Å²) in [5, 5.41) is 27.0. The van der Waals surface area contributed by atoms with Crippen LogP contribution >= 0.6 is 0 Å². The predicted molar refractivity (Wildman–Crippen MR) is 111 cm³/mol. The zero-order valence-electron chi connectivity index (χ0n) is 16.3. The fraction of sp³-hybridized carbons (Fsp3) is 0.273. The summed E-state index contributed by atoms with van der Waals surface area (Å²) in [7, 11) is 0. The first-order valence-corrected chi connectivity index (χ1v) is 8.97. The van der Waals surface area contributed by atoms with Crippen LogP contribution in [-0.4, -0.2) is 34.7 Å². The Balaban J connectivity index is 2.19. The summed E-state index contributed by atoms with van der Waals surface area (Å²) in [5.74, 6) is -1.63. The lowest BCUT2D eigenvalue weighted by Gasteiger charge is -2.24. The number of carbonyl (C=O) groups excluding carboxylic acids is 1. The van der Waals surface area contributed by atoms with Crippen LogP contribution in [0.15, 0.2) is 48.9 Å². The zero-order chi connectivity index (χ0) is 20.9. The lowest BCUT2D eigenvalue weighted by molar-refractivity contribution is -0.146. The van der Waals surface area contributed by atoms with E-state index in [0.29, 0.717) is 0 Å². The third-order valence-corrected chi connectivity index (χ3v) is 4.58. The summed E-state index contributed by atoms with van der Waals surface area (Å²) in [6.07, 6.45) is 8.81. The first-order chi connectivity index (χ1) is 13.2. The van der Waals surface area contributed by atoms with Crippen LogP contribution in [-0.2, 0) is 9.59 Å². The van der Waals surface area contributed by atoms with Crippen molar-refractivity contribution < 1.29 is 19.8 Å². The van der Waals surface area contributed by atoms with E-state index in [0.717, 1.165) is 21.6 Å². The number of allylic oxidation sites excluding steroid dienone is 3. The van der Waals surface area contributed by atoms with E-state index in [1.54, 1.807) is 12.3 Å². The second kappa shape index (κ2) is 8.61. The molecule has 0 aliphatic carbocycles. The molecule has 1 amide bonds. The van der Waals surface area contributed by atoms with Gasteiger partial charge in [-0.2, -0.15) is 0 Å². The van der Waals surface area contributed by atoms with E-state index >= 15 is 0 Å². The average molecular weight is 382 g/mol. The van der Waals surface area contributed by atoms with Crippen LogP contribution < -0.4 is 21.1 Å². The maximum absolute atomic E-state index is 12.3. The second-order valence-corrected chi connectivity index (χ2v) is 7.21. The lowest BCUT2D eigenvalue weighted by Crippen LogP contribution is -2.48. The van der Waals surface area contributed by atoms with Crippen molar-refractivity contribution >= 4 is 29.6 Å². The van der Waals surface area contributed by atoms with Gasteiger partial charge in [0.2, 0.25) is 5.91 Å². The molecular weight excluding hydrogens is 356 g/mol. The summed E-state index contributed by atoms with van der Waals surface area (Å²) in [4.78, 5) is 23.5. The van der Waals surface area contributed by atoms with Crippen LogP contribution in [0.3, 0.4) is 0 Å². The minimum Gasteiger partial charge on any atom is -0.510 e. The van der Waals surface area contributed by atoms with Crippen LogP contribution in [0.5, 0.6) is 0 Å². The molecule has 2 rings (SSSR count). The molecule has 148 valence electrons.